The molecule has 10 heteroatoms. The Labute approximate surface area is 201 Å². The quantitative estimate of drug-likeness (QED) is 0.249. The number of rotatable bonds is 7. The summed E-state index contributed by atoms with van der Waals surface area (Å²) in [6.45, 7) is 4.71. The molecular formula is C25H33F6NO3. The number of hydrogen-bond donors (Lipinski definition) is 2. The van der Waals surface area contributed by atoms with Crippen LogP contribution in [0.3, 0.4) is 0 Å². The lowest BCUT2D eigenvalue weighted by Gasteiger charge is -2.31. The number of aliphatic hydroxyl groups is 1. The van der Waals surface area contributed by atoms with Crippen molar-refractivity contribution >= 4 is 17.1 Å². The van der Waals surface area contributed by atoms with Gasteiger partial charge in [-0.1, -0.05) is 38.1 Å². The van der Waals surface area contributed by atoms with Crippen molar-refractivity contribution < 1.29 is 41.0 Å². The third kappa shape index (κ3) is 8.68. The Morgan fingerprint density at radius 3 is 2.14 bits per heavy atom. The first-order chi connectivity index (χ1) is 16.6. The minimum absolute atomic E-state index is 0.0244. The molecular weight excluding hydrogens is 476 g/mol. The van der Waals surface area contributed by atoms with Crippen molar-refractivity contribution in [1.82, 2.24) is 5.32 Å². The van der Waals surface area contributed by atoms with Gasteiger partial charge in [0, 0.05) is 26.6 Å². The van der Waals surface area contributed by atoms with Crippen LogP contribution < -0.4 is 10.1 Å². The van der Waals surface area contributed by atoms with Gasteiger partial charge in [-0.2, -0.15) is 26.3 Å². The molecule has 2 N–H and O–H groups in total. The van der Waals surface area contributed by atoms with Gasteiger partial charge in [0.05, 0.1) is 12.0 Å². The van der Waals surface area contributed by atoms with Crippen LogP contribution in [0.1, 0.15) is 57.1 Å². The molecule has 198 valence electrons. The van der Waals surface area contributed by atoms with Crippen LogP contribution >= 0.6 is 0 Å². The second kappa shape index (κ2) is 14.3. The normalized spacial score (nSPS) is 18.1. The minimum Gasteiger partial charge on any atom is -0.490 e. The predicted octanol–water partition coefficient (Wildman–Crippen LogP) is 6.67. The molecule has 0 unspecified atom stereocenters. The summed E-state index contributed by atoms with van der Waals surface area (Å²) in [6, 6.07) is 7.37. The third-order valence-electron chi connectivity index (χ3n) is 5.58. The standard InChI is InChI=1S/C22H23F6NO2.C2H6.CH4O/c23-21(24,25)15-5-7-16(8-6-15)31-19-10-9-17-14(13-29-11-2-12-30)3-1-4-18(17)20(19)22(26,27)28;2*1-2/h1,3-4,9-10,12,15-16,29H,2,5-8,11,13H2;1-2H3;2H,1H3. The van der Waals surface area contributed by atoms with E-state index < -0.39 is 29.9 Å². The molecule has 35 heavy (non-hydrogen) atoms. The van der Waals surface area contributed by atoms with Gasteiger partial charge < -0.3 is 20.0 Å². The number of fused-ring (bicyclic) bond motifs is 1. The summed E-state index contributed by atoms with van der Waals surface area (Å²) < 4.78 is 86.0. The fraction of sp³-hybridized carbons (Fsp3) is 0.560. The zero-order valence-corrected chi connectivity index (χ0v) is 20.1. The summed E-state index contributed by atoms with van der Waals surface area (Å²) in [7, 11) is 1.00. The summed E-state index contributed by atoms with van der Waals surface area (Å²) in [5, 5.41) is 10.4. The van der Waals surface area contributed by atoms with Gasteiger partial charge >= 0.3 is 12.4 Å². The summed E-state index contributed by atoms with van der Waals surface area (Å²) in [5.41, 5.74) is -0.274. The molecule has 0 heterocycles. The highest BCUT2D eigenvalue weighted by atomic mass is 19.4. The van der Waals surface area contributed by atoms with Crippen molar-refractivity contribution in [3.63, 3.8) is 0 Å². The summed E-state index contributed by atoms with van der Waals surface area (Å²) in [6.07, 6.45) is -8.82. The summed E-state index contributed by atoms with van der Waals surface area (Å²) >= 11 is 0. The molecule has 1 fully saturated rings. The zero-order valence-electron chi connectivity index (χ0n) is 20.1. The number of aliphatic hydroxyl groups excluding tert-OH is 1. The second-order valence-electron chi connectivity index (χ2n) is 7.71. The largest absolute Gasteiger partial charge is 0.490 e. The van der Waals surface area contributed by atoms with Crippen LogP contribution in [0, 0.1) is 5.92 Å². The Hall–Kier alpha value is -2.33. The Bertz CT molecular complexity index is 906. The van der Waals surface area contributed by atoms with E-state index in [0.717, 1.165) is 13.4 Å². The molecule has 0 saturated heterocycles. The average Bonchev–Trinajstić information content (AvgIpc) is 2.83. The first-order valence-electron chi connectivity index (χ1n) is 11.6. The van der Waals surface area contributed by atoms with E-state index in [1.54, 1.807) is 6.07 Å². The lowest BCUT2D eigenvalue weighted by Crippen LogP contribution is -2.32. The smallest absolute Gasteiger partial charge is 0.420 e. The lowest BCUT2D eigenvalue weighted by molar-refractivity contribution is -0.185. The number of hydrogen-bond acceptors (Lipinski definition) is 4. The van der Waals surface area contributed by atoms with Gasteiger partial charge in [0.25, 0.3) is 0 Å². The molecule has 1 saturated carbocycles. The molecule has 1 aliphatic carbocycles. The molecule has 4 nitrogen and oxygen atoms in total. The van der Waals surface area contributed by atoms with Crippen molar-refractivity contribution in [2.24, 2.45) is 5.92 Å². The van der Waals surface area contributed by atoms with Crippen LogP contribution in [0.25, 0.3) is 10.8 Å². The van der Waals surface area contributed by atoms with Crippen LogP contribution in [0.2, 0.25) is 0 Å². The first-order valence-corrected chi connectivity index (χ1v) is 11.6. The molecule has 0 aromatic heterocycles. The van der Waals surface area contributed by atoms with Gasteiger partial charge in [-0.05, 0) is 48.1 Å². The Morgan fingerprint density at radius 2 is 1.60 bits per heavy atom. The second-order valence-corrected chi connectivity index (χ2v) is 7.71. The highest BCUT2D eigenvalue weighted by Gasteiger charge is 2.42. The maximum Gasteiger partial charge on any atom is 0.420 e. The maximum absolute atomic E-state index is 14.0. The predicted molar refractivity (Wildman–Crippen MR) is 123 cm³/mol. The summed E-state index contributed by atoms with van der Waals surface area (Å²) in [5.74, 6) is -1.79. The SMILES string of the molecule is CC.CO.O=CCCNCc1cccc2c(C(F)(F)F)c(OC3CCC(C(F)(F)F)CC3)ccc12. The van der Waals surface area contributed by atoms with Crippen molar-refractivity contribution in [2.75, 3.05) is 13.7 Å². The van der Waals surface area contributed by atoms with E-state index in [1.165, 1.54) is 24.3 Å². The van der Waals surface area contributed by atoms with Gasteiger partial charge in [0.2, 0.25) is 0 Å². The van der Waals surface area contributed by atoms with E-state index in [2.05, 4.69) is 5.32 Å². The minimum atomic E-state index is -4.69. The van der Waals surface area contributed by atoms with E-state index in [0.29, 0.717) is 30.5 Å². The Kier molecular flexibility index (Phi) is 12.5. The Balaban J connectivity index is 0.00000145. The van der Waals surface area contributed by atoms with E-state index >= 15 is 0 Å². The van der Waals surface area contributed by atoms with E-state index in [1.807, 2.05) is 13.8 Å². The maximum atomic E-state index is 14.0. The molecule has 2 aromatic carbocycles. The van der Waals surface area contributed by atoms with E-state index in [9.17, 15) is 31.1 Å². The highest BCUT2D eigenvalue weighted by molar-refractivity contribution is 5.91. The van der Waals surface area contributed by atoms with Crippen molar-refractivity contribution in [1.29, 1.82) is 0 Å². The van der Waals surface area contributed by atoms with Gasteiger partial charge in [-0.15, -0.1) is 0 Å². The monoisotopic (exact) mass is 509 g/mol. The van der Waals surface area contributed by atoms with E-state index in [-0.39, 0.29) is 36.8 Å². The lowest BCUT2D eigenvalue weighted by atomic mass is 9.87. The van der Waals surface area contributed by atoms with Crippen molar-refractivity contribution in [3.8, 4) is 5.75 Å². The molecule has 1 aliphatic rings. The van der Waals surface area contributed by atoms with Gasteiger partial charge in [0.15, 0.2) is 0 Å². The number of benzene rings is 2. The molecule has 0 aliphatic heterocycles. The first kappa shape index (κ1) is 30.7. The highest BCUT2D eigenvalue weighted by Crippen LogP contribution is 2.44. The fourth-order valence-electron chi connectivity index (χ4n) is 4.02. The average molecular weight is 510 g/mol. The topological polar surface area (TPSA) is 58.6 Å². The van der Waals surface area contributed by atoms with Crippen molar-refractivity contribution in [2.45, 2.75) is 71.0 Å². The van der Waals surface area contributed by atoms with Gasteiger partial charge in [0.1, 0.15) is 17.6 Å². The molecule has 0 bridgehead atoms. The number of halogens is 6. The van der Waals surface area contributed by atoms with Crippen LogP contribution in [-0.4, -0.2) is 37.3 Å². The zero-order chi connectivity index (χ0) is 26.6. The number of aldehydes is 1. The molecule has 0 amide bonds. The van der Waals surface area contributed by atoms with E-state index in [4.69, 9.17) is 9.84 Å². The molecule has 0 spiro atoms. The fourth-order valence-corrected chi connectivity index (χ4v) is 4.02. The van der Waals surface area contributed by atoms with Gasteiger partial charge in [-0.25, -0.2) is 0 Å². The molecule has 3 rings (SSSR count). The third-order valence-corrected chi connectivity index (χ3v) is 5.58. The molecule has 0 atom stereocenters. The van der Waals surface area contributed by atoms with Crippen LogP contribution in [0.15, 0.2) is 30.3 Å². The number of ether oxygens (including phenoxy) is 1. The van der Waals surface area contributed by atoms with Crippen LogP contribution in [-0.2, 0) is 17.5 Å². The Morgan fingerprint density at radius 1 is 0.971 bits per heavy atom. The van der Waals surface area contributed by atoms with Crippen molar-refractivity contribution in [3.05, 3.63) is 41.5 Å². The van der Waals surface area contributed by atoms with Gasteiger partial charge in [-0.3, -0.25) is 0 Å². The number of carbonyl (C=O) groups excluding carboxylic acids is 1. The molecule has 0 radical (unpaired) electrons. The van der Waals surface area contributed by atoms with Crippen LogP contribution in [0.4, 0.5) is 26.3 Å². The number of alkyl halides is 6. The van der Waals surface area contributed by atoms with Crippen LogP contribution in [0.5, 0.6) is 5.75 Å². The number of nitrogens with one attached hydrogen (secondary N) is 1. The number of carbonyl (C=O) groups is 1. The molecule has 2 aromatic rings. The summed E-state index contributed by atoms with van der Waals surface area (Å²) in [4.78, 5) is 10.4.